The zero-order valence-corrected chi connectivity index (χ0v) is 6.82. The van der Waals surface area contributed by atoms with Gasteiger partial charge in [-0.05, 0) is 0 Å². The number of aliphatic carboxylic acids is 1. The topological polar surface area (TPSA) is 85.5 Å². The zero-order chi connectivity index (χ0) is 8.97. The van der Waals surface area contributed by atoms with Gasteiger partial charge in [-0.15, -0.1) is 10.2 Å². The van der Waals surface area contributed by atoms with E-state index in [1.165, 1.54) is 0 Å². The second-order valence-electron chi connectivity index (χ2n) is 1.86. The predicted molar refractivity (Wildman–Crippen MR) is 38.8 cm³/mol. The highest BCUT2D eigenvalue weighted by atomic mass is 32.1. The number of carboxylic acids is 1. The van der Waals surface area contributed by atoms with E-state index in [2.05, 4.69) is 27.6 Å². The minimum Gasteiger partial charge on any atom is -0.480 e. The Kier molecular flexibility index (Phi) is 3.06. The number of aromatic nitrogens is 2. The van der Waals surface area contributed by atoms with Crippen molar-refractivity contribution in [2.45, 2.75) is 11.8 Å². The van der Waals surface area contributed by atoms with Crippen LogP contribution in [0.2, 0.25) is 0 Å². The standard InChI is InChI=1S/C5H6N2O4S/c8-4(9)2-10-1-3-6-7-5(12)11-3/h1-2H2,(H,7,12)(H,8,9). The molecule has 0 radical (unpaired) electrons. The number of thiol groups is 1. The van der Waals surface area contributed by atoms with Gasteiger partial charge >= 0.3 is 5.97 Å². The maximum atomic E-state index is 9.99. The molecule has 0 saturated heterocycles. The molecule has 0 aliphatic heterocycles. The molecule has 0 atom stereocenters. The number of carbonyl (C=O) groups is 1. The smallest absolute Gasteiger partial charge is 0.329 e. The Hall–Kier alpha value is -1.08. The highest BCUT2D eigenvalue weighted by Crippen LogP contribution is 2.03. The summed E-state index contributed by atoms with van der Waals surface area (Å²) in [5.41, 5.74) is 0. The van der Waals surface area contributed by atoms with Crippen LogP contribution in [0.25, 0.3) is 0 Å². The average Bonchev–Trinajstić information content (AvgIpc) is 2.35. The van der Waals surface area contributed by atoms with Crippen molar-refractivity contribution in [2.24, 2.45) is 0 Å². The lowest BCUT2D eigenvalue weighted by Crippen LogP contribution is -2.06. The van der Waals surface area contributed by atoms with E-state index in [4.69, 9.17) is 9.52 Å². The Balaban J connectivity index is 2.29. The summed E-state index contributed by atoms with van der Waals surface area (Å²) in [7, 11) is 0. The summed E-state index contributed by atoms with van der Waals surface area (Å²) >= 11 is 3.76. The van der Waals surface area contributed by atoms with Gasteiger partial charge in [0.15, 0.2) is 0 Å². The largest absolute Gasteiger partial charge is 0.480 e. The minimum atomic E-state index is -1.04. The van der Waals surface area contributed by atoms with E-state index in [1.807, 2.05) is 0 Å². The Morgan fingerprint density at radius 3 is 2.92 bits per heavy atom. The molecule has 12 heavy (non-hydrogen) atoms. The lowest BCUT2D eigenvalue weighted by atomic mass is 10.7. The van der Waals surface area contributed by atoms with Gasteiger partial charge in [-0.25, -0.2) is 4.79 Å². The van der Waals surface area contributed by atoms with Crippen molar-refractivity contribution in [1.29, 1.82) is 0 Å². The van der Waals surface area contributed by atoms with Gasteiger partial charge in [0.1, 0.15) is 13.2 Å². The number of nitrogens with zero attached hydrogens (tertiary/aromatic N) is 2. The molecule has 0 bridgehead atoms. The summed E-state index contributed by atoms with van der Waals surface area (Å²) < 4.78 is 9.45. The molecule has 0 unspecified atom stereocenters. The van der Waals surface area contributed by atoms with Crippen molar-refractivity contribution in [3.63, 3.8) is 0 Å². The molecule has 0 spiro atoms. The first-order valence-electron chi connectivity index (χ1n) is 2.99. The first-order valence-corrected chi connectivity index (χ1v) is 3.44. The van der Waals surface area contributed by atoms with Crippen LogP contribution < -0.4 is 0 Å². The Morgan fingerprint density at radius 1 is 1.67 bits per heavy atom. The van der Waals surface area contributed by atoms with Gasteiger partial charge < -0.3 is 14.3 Å². The SMILES string of the molecule is O=C(O)COCc1nnc(S)o1. The number of hydrogen-bond acceptors (Lipinski definition) is 6. The van der Waals surface area contributed by atoms with E-state index in [-0.39, 0.29) is 24.3 Å². The molecule has 1 N–H and O–H groups in total. The molecule has 0 aromatic carbocycles. The van der Waals surface area contributed by atoms with E-state index < -0.39 is 5.97 Å². The van der Waals surface area contributed by atoms with Crippen molar-refractivity contribution in [3.05, 3.63) is 5.89 Å². The predicted octanol–water partition coefficient (Wildman–Crippen LogP) is -0.0405. The lowest BCUT2D eigenvalue weighted by molar-refractivity contribution is -0.142. The van der Waals surface area contributed by atoms with Crippen LogP contribution in [0.3, 0.4) is 0 Å². The molecule has 66 valence electrons. The molecule has 7 heteroatoms. The molecule has 6 nitrogen and oxygen atoms in total. The van der Waals surface area contributed by atoms with E-state index >= 15 is 0 Å². The van der Waals surface area contributed by atoms with Gasteiger partial charge in [0.05, 0.1) is 0 Å². The van der Waals surface area contributed by atoms with Crippen molar-refractivity contribution in [1.82, 2.24) is 10.2 Å². The van der Waals surface area contributed by atoms with E-state index in [0.717, 1.165) is 0 Å². The number of hydrogen-bond donors (Lipinski definition) is 2. The second kappa shape index (κ2) is 4.07. The van der Waals surface area contributed by atoms with Crippen LogP contribution in [0.4, 0.5) is 0 Å². The monoisotopic (exact) mass is 190 g/mol. The number of carboxylic acid groups (broad SMARTS) is 1. The molecule has 0 fully saturated rings. The Bertz CT molecular complexity index is 274. The first kappa shape index (κ1) is 9.01. The first-order chi connectivity index (χ1) is 5.68. The molecule has 1 aromatic heterocycles. The van der Waals surface area contributed by atoms with E-state index in [1.54, 1.807) is 0 Å². The fourth-order valence-electron chi connectivity index (χ4n) is 0.529. The molecule has 0 aliphatic carbocycles. The third kappa shape index (κ3) is 2.89. The van der Waals surface area contributed by atoms with Crippen LogP contribution in [-0.4, -0.2) is 27.9 Å². The van der Waals surface area contributed by atoms with Gasteiger partial charge in [0.2, 0.25) is 5.89 Å². The maximum absolute atomic E-state index is 9.99. The number of rotatable bonds is 4. The van der Waals surface area contributed by atoms with Crippen LogP contribution in [0.15, 0.2) is 9.64 Å². The average molecular weight is 190 g/mol. The number of ether oxygens (including phenoxy) is 1. The summed E-state index contributed by atoms with van der Waals surface area (Å²) in [5, 5.41) is 15.3. The van der Waals surface area contributed by atoms with Gasteiger partial charge in [0, 0.05) is 0 Å². The molecule has 1 rings (SSSR count). The summed E-state index contributed by atoms with van der Waals surface area (Å²) in [5.74, 6) is -0.832. The normalized spacial score (nSPS) is 10.1. The van der Waals surface area contributed by atoms with Gasteiger partial charge in [-0.3, -0.25) is 0 Å². The van der Waals surface area contributed by atoms with Crippen molar-refractivity contribution in [3.8, 4) is 0 Å². The van der Waals surface area contributed by atoms with Crippen LogP contribution in [0.1, 0.15) is 5.89 Å². The highest BCUT2D eigenvalue weighted by Gasteiger charge is 2.03. The van der Waals surface area contributed by atoms with E-state index in [0.29, 0.717) is 0 Å². The quantitative estimate of drug-likeness (QED) is 0.648. The van der Waals surface area contributed by atoms with E-state index in [9.17, 15) is 4.79 Å². The third-order valence-corrected chi connectivity index (χ3v) is 1.09. The molecule has 1 aromatic rings. The molecular weight excluding hydrogens is 184 g/mol. The van der Waals surface area contributed by atoms with Crippen LogP contribution >= 0.6 is 12.6 Å². The van der Waals surface area contributed by atoms with Gasteiger partial charge in [0.25, 0.3) is 5.22 Å². The Morgan fingerprint density at radius 2 is 2.42 bits per heavy atom. The molecule has 0 amide bonds. The van der Waals surface area contributed by atoms with Crippen LogP contribution in [0, 0.1) is 0 Å². The fourth-order valence-corrected chi connectivity index (χ4v) is 0.679. The summed E-state index contributed by atoms with van der Waals surface area (Å²) in [6.45, 7) is -0.399. The lowest BCUT2D eigenvalue weighted by Gasteiger charge is -1.94. The zero-order valence-electron chi connectivity index (χ0n) is 5.93. The second-order valence-corrected chi connectivity index (χ2v) is 2.25. The van der Waals surface area contributed by atoms with Gasteiger partial charge in [-0.2, -0.15) is 0 Å². The molecule has 0 aliphatic rings. The summed E-state index contributed by atoms with van der Waals surface area (Å²) in [6, 6.07) is 0. The van der Waals surface area contributed by atoms with Crippen LogP contribution in [-0.2, 0) is 16.1 Å². The molecular formula is C5H6N2O4S. The van der Waals surface area contributed by atoms with Crippen LogP contribution in [0.5, 0.6) is 0 Å². The Labute approximate surface area is 73.0 Å². The highest BCUT2D eigenvalue weighted by molar-refractivity contribution is 7.80. The maximum Gasteiger partial charge on any atom is 0.329 e. The van der Waals surface area contributed by atoms with Crippen molar-refractivity contribution < 1.29 is 19.1 Å². The minimum absolute atomic E-state index is 0.0140. The third-order valence-electron chi connectivity index (χ3n) is 0.907. The molecule has 0 saturated carbocycles. The van der Waals surface area contributed by atoms with Crippen molar-refractivity contribution >= 4 is 18.6 Å². The molecule has 1 heterocycles. The summed E-state index contributed by atoms with van der Waals surface area (Å²) in [4.78, 5) is 9.99. The summed E-state index contributed by atoms with van der Waals surface area (Å²) in [6.07, 6.45) is 0. The van der Waals surface area contributed by atoms with Crippen molar-refractivity contribution in [2.75, 3.05) is 6.61 Å². The van der Waals surface area contributed by atoms with Gasteiger partial charge in [-0.1, -0.05) is 12.6 Å². The fraction of sp³-hybridized carbons (Fsp3) is 0.400.